The Labute approximate surface area is 142 Å². The molecule has 0 aliphatic carbocycles. The summed E-state index contributed by atoms with van der Waals surface area (Å²) in [6.07, 6.45) is 3.26. The molecule has 1 atom stereocenters. The van der Waals surface area contributed by atoms with Crippen LogP contribution in [-0.2, 0) is 19.7 Å². The monoisotopic (exact) mass is 371 g/mol. The zero-order chi connectivity index (χ0) is 17.4. The molecule has 2 aliphatic heterocycles. The highest BCUT2D eigenvalue weighted by molar-refractivity contribution is 7.96. The Kier molecular flexibility index (Phi) is 4.70. The van der Waals surface area contributed by atoms with E-state index in [1.165, 1.54) is 24.3 Å². The molecule has 132 valence electrons. The number of hydrogen-bond acceptors (Lipinski definition) is 5. The van der Waals surface area contributed by atoms with Gasteiger partial charge in [-0.3, -0.25) is 4.79 Å². The first-order valence-corrected chi connectivity index (χ1v) is 11.5. The minimum Gasteiger partial charge on any atom is -0.339 e. The van der Waals surface area contributed by atoms with Crippen molar-refractivity contribution in [3.63, 3.8) is 0 Å². The molecule has 6 nitrogen and oxygen atoms in total. The molecule has 0 radical (unpaired) electrons. The number of piperidine rings is 1. The van der Waals surface area contributed by atoms with E-state index >= 15 is 0 Å². The van der Waals surface area contributed by atoms with Gasteiger partial charge in [0.2, 0.25) is 0 Å². The second-order valence-electron chi connectivity index (χ2n) is 6.45. The summed E-state index contributed by atoms with van der Waals surface area (Å²) in [4.78, 5) is 14.3. The van der Waals surface area contributed by atoms with Gasteiger partial charge in [0.1, 0.15) is 0 Å². The molecule has 1 aromatic carbocycles. The molecule has 24 heavy (non-hydrogen) atoms. The van der Waals surface area contributed by atoms with Gasteiger partial charge in [0.15, 0.2) is 19.7 Å². The predicted molar refractivity (Wildman–Crippen MR) is 90.4 cm³/mol. The van der Waals surface area contributed by atoms with Crippen molar-refractivity contribution in [1.29, 1.82) is 0 Å². The van der Waals surface area contributed by atoms with Crippen LogP contribution in [0.2, 0.25) is 0 Å². The van der Waals surface area contributed by atoms with Gasteiger partial charge in [-0.1, -0.05) is 0 Å². The van der Waals surface area contributed by atoms with Crippen molar-refractivity contribution in [2.24, 2.45) is 0 Å². The van der Waals surface area contributed by atoms with Crippen LogP contribution in [0.4, 0.5) is 0 Å². The number of carbonyl (C=O) groups excluding carboxylic acids is 1. The first-order valence-electron chi connectivity index (χ1n) is 8.13. The van der Waals surface area contributed by atoms with Crippen LogP contribution in [-0.4, -0.2) is 57.5 Å². The Morgan fingerprint density at radius 2 is 1.67 bits per heavy atom. The van der Waals surface area contributed by atoms with Gasteiger partial charge in [-0.25, -0.2) is 16.8 Å². The molecule has 8 heteroatoms. The van der Waals surface area contributed by atoms with Gasteiger partial charge >= 0.3 is 0 Å². The van der Waals surface area contributed by atoms with E-state index in [2.05, 4.69) is 0 Å². The van der Waals surface area contributed by atoms with Gasteiger partial charge < -0.3 is 4.90 Å². The molecule has 0 bridgehead atoms. The number of hydrogen-bond donors (Lipinski definition) is 0. The van der Waals surface area contributed by atoms with E-state index in [9.17, 15) is 21.6 Å². The van der Waals surface area contributed by atoms with Crippen LogP contribution < -0.4 is 0 Å². The smallest absolute Gasteiger partial charge is 0.253 e. The minimum atomic E-state index is -3.68. The Hall–Kier alpha value is -1.41. The minimum absolute atomic E-state index is 0.0809. The molecule has 0 unspecified atom stereocenters. The molecule has 3 rings (SSSR count). The molecule has 0 spiro atoms. The van der Waals surface area contributed by atoms with Crippen LogP contribution in [0, 0.1) is 0 Å². The average molecular weight is 371 g/mol. The summed E-state index contributed by atoms with van der Waals surface area (Å²) < 4.78 is 48.1. The molecular formula is C16H21NO5S2. The van der Waals surface area contributed by atoms with E-state index in [-0.39, 0.29) is 28.7 Å². The molecule has 2 saturated heterocycles. The number of rotatable bonds is 3. The first-order chi connectivity index (χ1) is 11.3. The predicted octanol–water partition coefficient (Wildman–Crippen LogP) is 1.27. The van der Waals surface area contributed by atoms with Crippen LogP contribution in [0.5, 0.6) is 0 Å². The summed E-state index contributed by atoms with van der Waals surface area (Å²) in [5.74, 6) is -0.478. The van der Waals surface area contributed by atoms with Gasteiger partial charge in [0.25, 0.3) is 5.91 Å². The molecule has 0 N–H and O–H groups in total. The van der Waals surface area contributed by atoms with E-state index in [1.54, 1.807) is 4.90 Å². The van der Waals surface area contributed by atoms with Gasteiger partial charge in [0.05, 0.1) is 21.7 Å². The van der Waals surface area contributed by atoms with Crippen LogP contribution >= 0.6 is 0 Å². The third kappa shape index (κ3) is 3.49. The van der Waals surface area contributed by atoms with Crippen molar-refractivity contribution in [1.82, 2.24) is 4.90 Å². The summed E-state index contributed by atoms with van der Waals surface area (Å²) >= 11 is 0. The van der Waals surface area contributed by atoms with Gasteiger partial charge in [0, 0.05) is 18.7 Å². The van der Waals surface area contributed by atoms with Gasteiger partial charge in [-0.05, 0) is 49.9 Å². The lowest BCUT2D eigenvalue weighted by atomic mass is 10.1. The maximum absolute atomic E-state index is 12.5. The molecule has 0 saturated carbocycles. The van der Waals surface area contributed by atoms with Crippen molar-refractivity contribution in [2.45, 2.75) is 35.8 Å². The van der Waals surface area contributed by atoms with E-state index in [0.29, 0.717) is 5.56 Å². The summed E-state index contributed by atoms with van der Waals surface area (Å²) in [7, 11) is -6.94. The number of likely N-dealkylation sites (tertiary alicyclic amines) is 1. The Balaban J connectivity index is 1.77. The van der Waals surface area contributed by atoms with E-state index in [1.807, 2.05) is 0 Å². The highest BCUT2D eigenvalue weighted by Gasteiger charge is 2.38. The maximum Gasteiger partial charge on any atom is 0.253 e. The summed E-state index contributed by atoms with van der Waals surface area (Å²) in [5.41, 5.74) is 0.467. The van der Waals surface area contributed by atoms with E-state index in [4.69, 9.17) is 0 Å². The van der Waals surface area contributed by atoms with E-state index in [0.717, 1.165) is 32.4 Å². The van der Waals surface area contributed by atoms with Crippen molar-refractivity contribution in [3.8, 4) is 0 Å². The fourth-order valence-corrected chi connectivity index (χ4v) is 7.62. The Bertz CT molecular complexity index is 822. The number of amides is 1. The normalized spacial score (nSPS) is 24.0. The highest BCUT2D eigenvalue weighted by atomic mass is 32.2. The van der Waals surface area contributed by atoms with Crippen LogP contribution in [0.1, 0.15) is 36.0 Å². The van der Waals surface area contributed by atoms with Crippen LogP contribution in [0.25, 0.3) is 0 Å². The summed E-state index contributed by atoms with van der Waals surface area (Å²) in [5, 5.41) is -0.883. The molecule has 1 amide bonds. The van der Waals surface area contributed by atoms with Crippen molar-refractivity contribution >= 4 is 25.6 Å². The van der Waals surface area contributed by atoms with Gasteiger partial charge in [-0.2, -0.15) is 0 Å². The number of sulfone groups is 2. The zero-order valence-electron chi connectivity index (χ0n) is 13.3. The molecule has 2 aliphatic rings. The highest BCUT2D eigenvalue weighted by Crippen LogP contribution is 2.26. The third-order valence-electron chi connectivity index (χ3n) is 4.70. The molecule has 2 fully saturated rings. The number of carbonyl (C=O) groups is 1. The number of benzene rings is 1. The summed E-state index contributed by atoms with van der Waals surface area (Å²) in [6, 6.07) is 5.87. The SMILES string of the molecule is O=C(c1ccc(S(=O)(=O)[C@H]2CCS(=O)(=O)C2)cc1)N1CCCCC1. The zero-order valence-corrected chi connectivity index (χ0v) is 15.0. The largest absolute Gasteiger partial charge is 0.339 e. The van der Waals surface area contributed by atoms with Crippen molar-refractivity contribution in [3.05, 3.63) is 29.8 Å². The molecule has 2 heterocycles. The lowest BCUT2D eigenvalue weighted by molar-refractivity contribution is 0.0724. The van der Waals surface area contributed by atoms with Crippen LogP contribution in [0.3, 0.4) is 0 Å². The quantitative estimate of drug-likeness (QED) is 0.798. The van der Waals surface area contributed by atoms with Crippen molar-refractivity contribution in [2.75, 3.05) is 24.6 Å². The molecule has 0 aromatic heterocycles. The second kappa shape index (κ2) is 6.48. The Morgan fingerprint density at radius 1 is 1.04 bits per heavy atom. The fraction of sp³-hybridized carbons (Fsp3) is 0.562. The maximum atomic E-state index is 12.5. The van der Waals surface area contributed by atoms with Gasteiger partial charge in [-0.15, -0.1) is 0 Å². The number of nitrogens with zero attached hydrogens (tertiary/aromatic N) is 1. The average Bonchev–Trinajstić information content (AvgIpc) is 2.96. The van der Waals surface area contributed by atoms with Crippen molar-refractivity contribution < 1.29 is 21.6 Å². The fourth-order valence-electron chi connectivity index (χ4n) is 3.26. The molecular weight excluding hydrogens is 350 g/mol. The lowest BCUT2D eigenvalue weighted by Gasteiger charge is -2.26. The van der Waals surface area contributed by atoms with Crippen LogP contribution in [0.15, 0.2) is 29.2 Å². The first kappa shape index (κ1) is 17.4. The molecule has 1 aromatic rings. The third-order valence-corrected chi connectivity index (χ3v) is 8.89. The lowest BCUT2D eigenvalue weighted by Crippen LogP contribution is -2.35. The topological polar surface area (TPSA) is 88.6 Å². The second-order valence-corrected chi connectivity index (χ2v) is 10.9. The summed E-state index contributed by atoms with van der Waals surface area (Å²) in [6.45, 7) is 1.47. The Morgan fingerprint density at radius 3 is 2.21 bits per heavy atom. The standard InChI is InChI=1S/C16H21NO5S2/c18-16(17-9-2-1-3-10-17)13-4-6-14(7-5-13)24(21,22)15-8-11-23(19,20)12-15/h4-7,15H,1-3,8-12H2/t15-/m0/s1. The van der Waals surface area contributed by atoms with E-state index < -0.39 is 24.9 Å².